The molecule has 150 valence electrons. The number of Topliss-reactive ketones (excluding diaryl/α,β-unsaturated/α-hetero) is 2. The molecule has 9 heteroatoms. The number of anilines is 1. The highest BCUT2D eigenvalue weighted by Gasteiger charge is 2.23. The summed E-state index contributed by atoms with van der Waals surface area (Å²) in [6.07, 6.45) is 0.953. The molecule has 3 rings (SSSR count). The van der Waals surface area contributed by atoms with Crippen LogP contribution >= 0.6 is 0 Å². The number of amides is 1. The molecule has 1 aliphatic rings. The second kappa shape index (κ2) is 8.09. The number of rotatable bonds is 6. The van der Waals surface area contributed by atoms with Crippen LogP contribution in [0.4, 0.5) is 11.4 Å². The number of carbonyl (C=O) groups is 3. The highest BCUT2D eigenvalue weighted by Crippen LogP contribution is 2.33. The SMILES string of the molecule is CC(=O)Nc1ccc(C(=O)CC(=O)c2cc3c(cc2O)CCCO3)cc1[N+](=O)[O-]. The quantitative estimate of drug-likeness (QED) is 0.330. The molecule has 0 spiro atoms. The number of nitro groups is 1. The first kappa shape index (κ1) is 20.0. The van der Waals surface area contributed by atoms with Crippen molar-refractivity contribution in [2.24, 2.45) is 0 Å². The van der Waals surface area contributed by atoms with Gasteiger partial charge in [-0.25, -0.2) is 0 Å². The monoisotopic (exact) mass is 398 g/mol. The van der Waals surface area contributed by atoms with Gasteiger partial charge in [0.05, 0.1) is 23.5 Å². The first-order valence-electron chi connectivity index (χ1n) is 8.87. The molecule has 1 aliphatic heterocycles. The van der Waals surface area contributed by atoms with Gasteiger partial charge in [0.2, 0.25) is 5.91 Å². The van der Waals surface area contributed by atoms with Crippen molar-refractivity contribution in [3.63, 3.8) is 0 Å². The third-order valence-electron chi connectivity index (χ3n) is 4.48. The Morgan fingerprint density at radius 1 is 1.21 bits per heavy atom. The molecule has 0 aliphatic carbocycles. The fourth-order valence-electron chi connectivity index (χ4n) is 3.10. The van der Waals surface area contributed by atoms with Crippen molar-refractivity contribution in [3.05, 3.63) is 57.1 Å². The van der Waals surface area contributed by atoms with Gasteiger partial charge in [0.15, 0.2) is 11.6 Å². The fraction of sp³-hybridized carbons (Fsp3) is 0.250. The van der Waals surface area contributed by atoms with Crippen LogP contribution < -0.4 is 10.1 Å². The van der Waals surface area contributed by atoms with Crippen LogP contribution in [0.2, 0.25) is 0 Å². The molecular formula is C20H18N2O7. The van der Waals surface area contributed by atoms with E-state index in [0.717, 1.165) is 24.5 Å². The van der Waals surface area contributed by atoms with Gasteiger partial charge in [-0.2, -0.15) is 0 Å². The minimum atomic E-state index is -0.726. The van der Waals surface area contributed by atoms with Crippen molar-refractivity contribution in [1.82, 2.24) is 0 Å². The number of aromatic hydroxyl groups is 1. The van der Waals surface area contributed by atoms with Crippen LogP contribution in [0.1, 0.15) is 46.0 Å². The maximum atomic E-state index is 12.5. The van der Waals surface area contributed by atoms with Crippen molar-refractivity contribution in [1.29, 1.82) is 0 Å². The van der Waals surface area contributed by atoms with Crippen LogP contribution in [-0.4, -0.2) is 34.1 Å². The number of nitro benzene ring substituents is 1. The Hall–Kier alpha value is -3.75. The summed E-state index contributed by atoms with van der Waals surface area (Å²) in [7, 11) is 0. The molecule has 0 saturated carbocycles. The third-order valence-corrected chi connectivity index (χ3v) is 4.48. The Labute approximate surface area is 165 Å². The zero-order valence-electron chi connectivity index (χ0n) is 15.6. The van der Waals surface area contributed by atoms with Gasteiger partial charge in [-0.05, 0) is 42.7 Å². The largest absolute Gasteiger partial charge is 0.507 e. The summed E-state index contributed by atoms with van der Waals surface area (Å²) < 4.78 is 5.49. The number of phenolic OH excluding ortho intramolecular Hbond substituents is 1. The first-order chi connectivity index (χ1) is 13.8. The lowest BCUT2D eigenvalue weighted by molar-refractivity contribution is -0.384. The van der Waals surface area contributed by atoms with E-state index in [0.29, 0.717) is 12.4 Å². The molecular weight excluding hydrogens is 380 g/mol. The Balaban J connectivity index is 1.83. The molecule has 0 bridgehead atoms. The highest BCUT2D eigenvalue weighted by atomic mass is 16.6. The fourth-order valence-corrected chi connectivity index (χ4v) is 3.10. The second-order valence-corrected chi connectivity index (χ2v) is 6.62. The zero-order chi connectivity index (χ0) is 21.1. The van der Waals surface area contributed by atoms with Crippen LogP contribution in [0.25, 0.3) is 0 Å². The summed E-state index contributed by atoms with van der Waals surface area (Å²) in [5.74, 6) is -1.50. The van der Waals surface area contributed by atoms with Gasteiger partial charge in [0, 0.05) is 18.6 Å². The van der Waals surface area contributed by atoms with Crippen molar-refractivity contribution >= 4 is 28.8 Å². The number of hydrogen-bond donors (Lipinski definition) is 2. The van der Waals surface area contributed by atoms with Crippen LogP contribution in [0.3, 0.4) is 0 Å². The predicted octanol–water partition coefficient (Wildman–Crippen LogP) is 3.04. The molecule has 2 aromatic rings. The maximum Gasteiger partial charge on any atom is 0.293 e. The minimum absolute atomic E-state index is 0.0385. The lowest BCUT2D eigenvalue weighted by Gasteiger charge is -2.18. The molecule has 0 unspecified atom stereocenters. The number of hydrogen-bond acceptors (Lipinski definition) is 7. The Kier molecular flexibility index (Phi) is 5.58. The lowest BCUT2D eigenvalue weighted by Crippen LogP contribution is -2.13. The smallest absolute Gasteiger partial charge is 0.293 e. The van der Waals surface area contributed by atoms with E-state index in [2.05, 4.69) is 5.32 Å². The van der Waals surface area contributed by atoms with Gasteiger partial charge in [0.1, 0.15) is 17.2 Å². The average molecular weight is 398 g/mol. The topological polar surface area (TPSA) is 136 Å². The van der Waals surface area contributed by atoms with Gasteiger partial charge in [0.25, 0.3) is 5.69 Å². The van der Waals surface area contributed by atoms with Gasteiger partial charge >= 0.3 is 0 Å². The summed E-state index contributed by atoms with van der Waals surface area (Å²) >= 11 is 0. The summed E-state index contributed by atoms with van der Waals surface area (Å²) in [4.78, 5) is 46.7. The van der Waals surface area contributed by atoms with E-state index < -0.39 is 34.5 Å². The summed E-state index contributed by atoms with van der Waals surface area (Å²) in [6.45, 7) is 1.71. The molecule has 2 N–H and O–H groups in total. The lowest BCUT2D eigenvalue weighted by atomic mass is 9.97. The van der Waals surface area contributed by atoms with Gasteiger partial charge in [-0.15, -0.1) is 0 Å². The van der Waals surface area contributed by atoms with Crippen molar-refractivity contribution < 1.29 is 29.2 Å². The number of aryl methyl sites for hydroxylation is 1. The molecule has 1 amide bonds. The summed E-state index contributed by atoms with van der Waals surface area (Å²) in [6, 6.07) is 6.42. The van der Waals surface area contributed by atoms with E-state index in [1.165, 1.54) is 31.2 Å². The molecule has 29 heavy (non-hydrogen) atoms. The number of benzene rings is 2. The van der Waals surface area contributed by atoms with E-state index in [9.17, 15) is 29.6 Å². The Bertz CT molecular complexity index is 1030. The summed E-state index contributed by atoms with van der Waals surface area (Å²) in [5.41, 5.74) is 0.204. The van der Waals surface area contributed by atoms with Crippen molar-refractivity contribution in [2.75, 3.05) is 11.9 Å². The number of nitrogens with zero attached hydrogens (tertiary/aromatic N) is 1. The molecule has 0 radical (unpaired) electrons. The van der Waals surface area contributed by atoms with Crippen molar-refractivity contribution in [2.45, 2.75) is 26.2 Å². The van der Waals surface area contributed by atoms with E-state index in [4.69, 9.17) is 4.74 Å². The van der Waals surface area contributed by atoms with Gasteiger partial charge in [-0.3, -0.25) is 24.5 Å². The molecule has 2 aromatic carbocycles. The average Bonchev–Trinajstić information content (AvgIpc) is 2.66. The predicted molar refractivity (Wildman–Crippen MR) is 103 cm³/mol. The van der Waals surface area contributed by atoms with Crippen LogP contribution in [0, 0.1) is 10.1 Å². The number of phenols is 1. The van der Waals surface area contributed by atoms with Gasteiger partial charge in [-0.1, -0.05) is 0 Å². The normalized spacial score (nSPS) is 12.4. The van der Waals surface area contributed by atoms with E-state index in [-0.39, 0.29) is 22.6 Å². The number of ketones is 2. The Morgan fingerprint density at radius 3 is 2.66 bits per heavy atom. The zero-order valence-corrected chi connectivity index (χ0v) is 15.6. The Morgan fingerprint density at radius 2 is 1.97 bits per heavy atom. The number of fused-ring (bicyclic) bond motifs is 1. The number of nitrogens with one attached hydrogen (secondary N) is 1. The second-order valence-electron chi connectivity index (χ2n) is 6.62. The summed E-state index contributed by atoms with van der Waals surface area (Å²) in [5, 5.41) is 23.7. The molecule has 0 atom stereocenters. The van der Waals surface area contributed by atoms with E-state index >= 15 is 0 Å². The molecule has 0 fully saturated rings. The molecule has 1 heterocycles. The van der Waals surface area contributed by atoms with Crippen LogP contribution in [-0.2, 0) is 11.2 Å². The third kappa shape index (κ3) is 4.40. The molecule has 0 aromatic heterocycles. The first-order valence-corrected chi connectivity index (χ1v) is 8.87. The van der Waals surface area contributed by atoms with Crippen LogP contribution in [0.15, 0.2) is 30.3 Å². The van der Waals surface area contributed by atoms with Gasteiger partial charge < -0.3 is 15.2 Å². The minimum Gasteiger partial charge on any atom is -0.507 e. The highest BCUT2D eigenvalue weighted by molar-refractivity contribution is 6.15. The number of ether oxygens (including phenoxy) is 1. The van der Waals surface area contributed by atoms with E-state index in [1.807, 2.05) is 0 Å². The van der Waals surface area contributed by atoms with Crippen molar-refractivity contribution in [3.8, 4) is 11.5 Å². The van der Waals surface area contributed by atoms with Crippen LogP contribution in [0.5, 0.6) is 11.5 Å². The number of carbonyl (C=O) groups excluding carboxylic acids is 3. The molecule has 0 saturated heterocycles. The maximum absolute atomic E-state index is 12.5. The standard InChI is InChI=1S/C20H18N2O7/c1-11(23)21-15-5-4-12(7-16(15)22(27)28)17(24)10-19(26)14-9-20-13(8-18(14)25)3-2-6-29-20/h4-5,7-9,25H,2-3,6,10H2,1H3,(H,21,23). The van der Waals surface area contributed by atoms with E-state index in [1.54, 1.807) is 0 Å². The molecule has 9 nitrogen and oxygen atoms in total.